The maximum atomic E-state index is 13.4. The molecule has 0 unspecified atom stereocenters. The summed E-state index contributed by atoms with van der Waals surface area (Å²) < 4.78 is 13.4. The van der Waals surface area contributed by atoms with Crippen LogP contribution in [0, 0.1) is 26.6 Å². The molecular formula is C19H21FN2O2. The Morgan fingerprint density at radius 3 is 2.29 bits per heavy atom. The van der Waals surface area contributed by atoms with Crippen molar-refractivity contribution in [3.05, 3.63) is 70.0 Å². The zero-order valence-corrected chi connectivity index (χ0v) is 14.1. The van der Waals surface area contributed by atoms with Crippen molar-refractivity contribution in [2.24, 2.45) is 0 Å². The molecule has 0 fully saturated rings. The maximum absolute atomic E-state index is 13.4. The van der Waals surface area contributed by atoms with Crippen molar-refractivity contribution in [1.29, 1.82) is 0 Å². The molecule has 0 radical (unpaired) electrons. The van der Waals surface area contributed by atoms with Crippen LogP contribution in [0.1, 0.15) is 32.6 Å². The number of nitrogens with one attached hydrogen (secondary N) is 2. The first-order chi connectivity index (χ1) is 11.4. The first-order valence-corrected chi connectivity index (χ1v) is 7.74. The molecule has 0 spiro atoms. The highest BCUT2D eigenvalue weighted by Crippen LogP contribution is 2.10. The van der Waals surface area contributed by atoms with Gasteiger partial charge in [-0.1, -0.05) is 18.2 Å². The fourth-order valence-electron chi connectivity index (χ4n) is 2.15. The molecule has 126 valence electrons. The molecule has 24 heavy (non-hydrogen) atoms. The van der Waals surface area contributed by atoms with Crippen molar-refractivity contribution >= 4 is 11.8 Å². The molecule has 0 saturated heterocycles. The highest BCUT2D eigenvalue weighted by Gasteiger charge is 2.09. The number of carbonyl (C=O) groups is 2. The number of hydrogen-bond acceptors (Lipinski definition) is 2. The molecule has 0 aromatic heterocycles. The van der Waals surface area contributed by atoms with E-state index in [2.05, 4.69) is 10.6 Å². The number of aryl methyl sites for hydroxylation is 3. The van der Waals surface area contributed by atoms with Crippen molar-refractivity contribution < 1.29 is 14.0 Å². The van der Waals surface area contributed by atoms with Gasteiger partial charge in [-0.25, -0.2) is 4.39 Å². The van der Waals surface area contributed by atoms with Crippen LogP contribution in [0.15, 0.2) is 36.4 Å². The molecule has 0 aliphatic heterocycles. The summed E-state index contributed by atoms with van der Waals surface area (Å²) in [6.07, 6.45) is 0. The molecule has 2 N–H and O–H groups in total. The van der Waals surface area contributed by atoms with Gasteiger partial charge in [-0.15, -0.1) is 0 Å². The first kappa shape index (κ1) is 17.7. The lowest BCUT2D eigenvalue weighted by atomic mass is 10.1. The standard InChI is InChI=1S/C19H21FN2O2/c1-12-5-7-16(8-14(12)3)19(24)22-11-18(23)21-10-15-6-4-13(2)17(20)9-15/h4-9H,10-11H2,1-3H3,(H,21,23)(H,22,24). The van der Waals surface area contributed by atoms with E-state index in [1.54, 1.807) is 31.2 Å². The average Bonchev–Trinajstić information content (AvgIpc) is 2.56. The summed E-state index contributed by atoms with van der Waals surface area (Å²) in [6, 6.07) is 10.2. The van der Waals surface area contributed by atoms with Gasteiger partial charge in [-0.2, -0.15) is 0 Å². The van der Waals surface area contributed by atoms with Crippen LogP contribution in [0.2, 0.25) is 0 Å². The Labute approximate surface area is 141 Å². The average molecular weight is 328 g/mol. The Bertz CT molecular complexity index is 772. The summed E-state index contributed by atoms with van der Waals surface area (Å²) in [5, 5.41) is 5.23. The Kier molecular flexibility index (Phi) is 5.68. The number of carbonyl (C=O) groups excluding carboxylic acids is 2. The Hall–Kier alpha value is -2.69. The van der Waals surface area contributed by atoms with Gasteiger partial charge in [0, 0.05) is 12.1 Å². The van der Waals surface area contributed by atoms with Crippen molar-refractivity contribution in [3.8, 4) is 0 Å². The maximum Gasteiger partial charge on any atom is 0.251 e. The molecule has 0 bridgehead atoms. The summed E-state index contributed by atoms with van der Waals surface area (Å²) >= 11 is 0. The summed E-state index contributed by atoms with van der Waals surface area (Å²) in [6.45, 7) is 5.67. The Morgan fingerprint density at radius 1 is 0.917 bits per heavy atom. The molecule has 0 heterocycles. The van der Waals surface area contributed by atoms with Gasteiger partial charge < -0.3 is 10.6 Å². The summed E-state index contributed by atoms with van der Waals surface area (Å²) in [4.78, 5) is 23.8. The van der Waals surface area contributed by atoms with Gasteiger partial charge >= 0.3 is 0 Å². The highest BCUT2D eigenvalue weighted by atomic mass is 19.1. The third-order valence-corrected chi connectivity index (χ3v) is 3.90. The number of rotatable bonds is 5. The van der Waals surface area contributed by atoms with Gasteiger partial charge in [-0.3, -0.25) is 9.59 Å². The normalized spacial score (nSPS) is 10.3. The molecule has 4 nitrogen and oxygen atoms in total. The molecule has 0 aliphatic carbocycles. The summed E-state index contributed by atoms with van der Waals surface area (Å²) in [7, 11) is 0. The molecule has 2 aromatic carbocycles. The van der Waals surface area contributed by atoms with Crippen LogP contribution in [0.25, 0.3) is 0 Å². The number of halogens is 1. The second kappa shape index (κ2) is 7.73. The van der Waals surface area contributed by atoms with E-state index in [4.69, 9.17) is 0 Å². The van der Waals surface area contributed by atoms with E-state index in [0.717, 1.165) is 11.1 Å². The fourth-order valence-corrected chi connectivity index (χ4v) is 2.15. The Morgan fingerprint density at radius 2 is 1.62 bits per heavy atom. The second-order valence-electron chi connectivity index (χ2n) is 5.84. The third-order valence-electron chi connectivity index (χ3n) is 3.90. The van der Waals surface area contributed by atoms with Crippen LogP contribution < -0.4 is 10.6 Å². The molecule has 2 rings (SSSR count). The van der Waals surface area contributed by atoms with Crippen LogP contribution in [0.4, 0.5) is 4.39 Å². The predicted octanol–water partition coefficient (Wildman–Crippen LogP) is 2.80. The van der Waals surface area contributed by atoms with Gasteiger partial charge in [0.05, 0.1) is 6.54 Å². The third kappa shape index (κ3) is 4.65. The van der Waals surface area contributed by atoms with Gasteiger partial charge in [0.25, 0.3) is 5.91 Å². The van der Waals surface area contributed by atoms with Crippen molar-refractivity contribution in [2.45, 2.75) is 27.3 Å². The number of amides is 2. The van der Waals surface area contributed by atoms with E-state index in [1.165, 1.54) is 6.07 Å². The van der Waals surface area contributed by atoms with Crippen LogP contribution in [-0.4, -0.2) is 18.4 Å². The van der Waals surface area contributed by atoms with E-state index in [1.807, 2.05) is 19.9 Å². The minimum absolute atomic E-state index is 0.125. The minimum Gasteiger partial charge on any atom is -0.350 e. The van der Waals surface area contributed by atoms with Crippen molar-refractivity contribution in [2.75, 3.05) is 6.54 Å². The highest BCUT2D eigenvalue weighted by molar-refractivity contribution is 5.96. The van der Waals surface area contributed by atoms with Crippen LogP contribution in [-0.2, 0) is 11.3 Å². The lowest BCUT2D eigenvalue weighted by molar-refractivity contribution is -0.120. The SMILES string of the molecule is Cc1ccc(C(=O)NCC(=O)NCc2ccc(C)c(F)c2)cc1C. The lowest BCUT2D eigenvalue weighted by Gasteiger charge is -2.09. The van der Waals surface area contributed by atoms with E-state index in [0.29, 0.717) is 16.7 Å². The zero-order chi connectivity index (χ0) is 17.7. The van der Waals surface area contributed by atoms with Crippen LogP contribution in [0.5, 0.6) is 0 Å². The first-order valence-electron chi connectivity index (χ1n) is 7.74. The molecule has 2 amide bonds. The van der Waals surface area contributed by atoms with E-state index in [-0.39, 0.29) is 30.7 Å². The predicted molar refractivity (Wildman–Crippen MR) is 91.2 cm³/mol. The summed E-state index contributed by atoms with van der Waals surface area (Å²) in [5.74, 6) is -0.924. The zero-order valence-electron chi connectivity index (χ0n) is 14.1. The topological polar surface area (TPSA) is 58.2 Å². The molecule has 0 aliphatic rings. The fraction of sp³-hybridized carbons (Fsp3) is 0.263. The molecule has 2 aromatic rings. The molecular weight excluding hydrogens is 307 g/mol. The van der Waals surface area contributed by atoms with E-state index in [9.17, 15) is 14.0 Å². The Balaban J connectivity index is 1.83. The minimum atomic E-state index is -0.326. The summed E-state index contributed by atoms with van der Waals surface area (Å²) in [5.41, 5.74) is 3.88. The van der Waals surface area contributed by atoms with Gasteiger partial charge in [0.2, 0.25) is 5.91 Å². The monoisotopic (exact) mass is 328 g/mol. The van der Waals surface area contributed by atoms with E-state index >= 15 is 0 Å². The second-order valence-corrected chi connectivity index (χ2v) is 5.84. The lowest BCUT2D eigenvalue weighted by Crippen LogP contribution is -2.36. The molecule has 0 atom stereocenters. The number of hydrogen-bond donors (Lipinski definition) is 2. The van der Waals surface area contributed by atoms with Gasteiger partial charge in [0.15, 0.2) is 0 Å². The van der Waals surface area contributed by atoms with Crippen molar-refractivity contribution in [3.63, 3.8) is 0 Å². The van der Waals surface area contributed by atoms with Gasteiger partial charge in [-0.05, 0) is 61.2 Å². The van der Waals surface area contributed by atoms with Crippen molar-refractivity contribution in [1.82, 2.24) is 10.6 Å². The van der Waals surface area contributed by atoms with E-state index < -0.39 is 0 Å². The molecule has 5 heteroatoms. The van der Waals surface area contributed by atoms with Gasteiger partial charge in [0.1, 0.15) is 5.82 Å². The quantitative estimate of drug-likeness (QED) is 0.887. The smallest absolute Gasteiger partial charge is 0.251 e. The van der Waals surface area contributed by atoms with Crippen LogP contribution in [0.3, 0.4) is 0 Å². The molecule has 0 saturated carbocycles. The van der Waals surface area contributed by atoms with Crippen LogP contribution >= 0.6 is 0 Å². The largest absolute Gasteiger partial charge is 0.350 e. The number of benzene rings is 2.